The second kappa shape index (κ2) is 7.39. The van der Waals surface area contributed by atoms with Crippen molar-refractivity contribution in [3.63, 3.8) is 0 Å². The van der Waals surface area contributed by atoms with E-state index in [2.05, 4.69) is 22.0 Å². The summed E-state index contributed by atoms with van der Waals surface area (Å²) in [6, 6.07) is 10.5. The van der Waals surface area contributed by atoms with Crippen LogP contribution < -0.4 is 5.32 Å². The normalized spacial score (nSPS) is 10.7. The first-order chi connectivity index (χ1) is 12.5. The van der Waals surface area contributed by atoms with Gasteiger partial charge in [-0.3, -0.25) is 9.20 Å². The van der Waals surface area contributed by atoms with Crippen molar-refractivity contribution in [3.05, 3.63) is 65.1 Å². The highest BCUT2D eigenvalue weighted by Crippen LogP contribution is 2.19. The molecule has 0 bridgehead atoms. The number of aromatic nitrogens is 2. The van der Waals surface area contributed by atoms with E-state index in [1.165, 1.54) is 7.11 Å². The summed E-state index contributed by atoms with van der Waals surface area (Å²) >= 11 is 0. The van der Waals surface area contributed by atoms with E-state index < -0.39 is 5.97 Å². The molecule has 0 aliphatic heterocycles. The Morgan fingerprint density at radius 1 is 1.19 bits per heavy atom. The Labute approximate surface area is 151 Å². The van der Waals surface area contributed by atoms with Gasteiger partial charge in [-0.2, -0.15) is 0 Å². The largest absolute Gasteiger partial charge is 0.465 e. The number of imidazole rings is 1. The highest BCUT2D eigenvalue weighted by Gasteiger charge is 2.19. The molecule has 0 spiro atoms. The topological polar surface area (TPSA) is 72.7 Å². The van der Waals surface area contributed by atoms with E-state index in [1.54, 1.807) is 24.3 Å². The number of nitrogens with zero attached hydrogens (tertiary/aromatic N) is 2. The van der Waals surface area contributed by atoms with Crippen LogP contribution in [0.15, 0.2) is 42.6 Å². The van der Waals surface area contributed by atoms with Crippen LogP contribution in [-0.4, -0.2) is 28.4 Å². The van der Waals surface area contributed by atoms with Crippen molar-refractivity contribution in [2.45, 2.75) is 26.7 Å². The Balaban J connectivity index is 1.93. The fourth-order valence-corrected chi connectivity index (χ4v) is 2.90. The third-order valence-corrected chi connectivity index (χ3v) is 4.18. The van der Waals surface area contributed by atoms with Crippen LogP contribution in [0.4, 0.5) is 5.69 Å². The summed E-state index contributed by atoms with van der Waals surface area (Å²) in [5, 5.41) is 2.89. The van der Waals surface area contributed by atoms with Crippen molar-refractivity contribution < 1.29 is 14.3 Å². The van der Waals surface area contributed by atoms with Crippen LogP contribution in [0.2, 0.25) is 0 Å². The van der Waals surface area contributed by atoms with Crippen LogP contribution >= 0.6 is 0 Å². The number of amides is 1. The maximum atomic E-state index is 12.9. The number of hydrogen-bond acceptors (Lipinski definition) is 4. The molecule has 0 saturated carbocycles. The van der Waals surface area contributed by atoms with Gasteiger partial charge in [-0.1, -0.05) is 19.4 Å². The molecule has 134 valence electrons. The van der Waals surface area contributed by atoms with E-state index in [1.807, 2.05) is 29.7 Å². The van der Waals surface area contributed by atoms with E-state index in [-0.39, 0.29) is 5.91 Å². The minimum Gasteiger partial charge on any atom is -0.465 e. The molecule has 0 unspecified atom stereocenters. The minimum absolute atomic E-state index is 0.225. The molecule has 3 aromatic rings. The lowest BCUT2D eigenvalue weighted by atomic mass is 10.2. The second-order valence-corrected chi connectivity index (χ2v) is 6.06. The van der Waals surface area contributed by atoms with Gasteiger partial charge in [0.05, 0.1) is 18.4 Å². The fourth-order valence-electron chi connectivity index (χ4n) is 2.90. The zero-order chi connectivity index (χ0) is 18.7. The van der Waals surface area contributed by atoms with Gasteiger partial charge in [0.1, 0.15) is 11.3 Å². The molecule has 0 atom stereocenters. The Bertz CT molecular complexity index is 958. The number of carbonyl (C=O) groups is 2. The molecule has 0 radical (unpaired) electrons. The van der Waals surface area contributed by atoms with Gasteiger partial charge < -0.3 is 10.1 Å². The zero-order valence-corrected chi connectivity index (χ0v) is 15.1. The molecule has 2 aromatic heterocycles. The number of hydrogen-bond donors (Lipinski definition) is 1. The average Bonchev–Trinajstić information content (AvgIpc) is 3.01. The lowest BCUT2D eigenvalue weighted by Crippen LogP contribution is -2.16. The van der Waals surface area contributed by atoms with E-state index in [0.717, 1.165) is 29.7 Å². The number of methoxy groups -OCH3 is 1. The molecule has 6 heteroatoms. The fraction of sp³-hybridized carbons (Fsp3) is 0.250. The molecule has 26 heavy (non-hydrogen) atoms. The summed E-state index contributed by atoms with van der Waals surface area (Å²) < 4.78 is 6.51. The summed E-state index contributed by atoms with van der Waals surface area (Å²) in [6.07, 6.45) is 3.48. The van der Waals surface area contributed by atoms with Crippen LogP contribution in [0, 0.1) is 6.92 Å². The number of ether oxygens (including phenoxy) is 1. The Kier molecular flexibility index (Phi) is 5.02. The number of carbonyl (C=O) groups excluding carboxylic acids is 2. The third-order valence-electron chi connectivity index (χ3n) is 4.18. The molecule has 0 saturated heterocycles. The molecule has 1 amide bonds. The minimum atomic E-state index is -0.412. The van der Waals surface area contributed by atoms with Gasteiger partial charge in [0.2, 0.25) is 0 Å². The first-order valence-electron chi connectivity index (χ1n) is 8.51. The van der Waals surface area contributed by atoms with E-state index in [9.17, 15) is 9.59 Å². The van der Waals surface area contributed by atoms with Gasteiger partial charge in [0.25, 0.3) is 5.91 Å². The second-order valence-electron chi connectivity index (χ2n) is 6.06. The van der Waals surface area contributed by atoms with Gasteiger partial charge in [0.15, 0.2) is 0 Å². The van der Waals surface area contributed by atoms with Crippen LogP contribution in [0.3, 0.4) is 0 Å². The highest BCUT2D eigenvalue weighted by molar-refractivity contribution is 6.04. The number of benzene rings is 1. The number of anilines is 1. The van der Waals surface area contributed by atoms with Crippen LogP contribution in [0.5, 0.6) is 0 Å². The van der Waals surface area contributed by atoms with Crippen molar-refractivity contribution in [3.8, 4) is 0 Å². The van der Waals surface area contributed by atoms with Crippen molar-refractivity contribution in [2.24, 2.45) is 0 Å². The van der Waals surface area contributed by atoms with Crippen molar-refractivity contribution in [1.29, 1.82) is 0 Å². The summed E-state index contributed by atoms with van der Waals surface area (Å²) in [4.78, 5) is 29.1. The van der Waals surface area contributed by atoms with Gasteiger partial charge in [-0.15, -0.1) is 0 Å². The zero-order valence-electron chi connectivity index (χ0n) is 15.1. The van der Waals surface area contributed by atoms with Gasteiger partial charge in [0, 0.05) is 11.9 Å². The monoisotopic (exact) mass is 351 g/mol. The lowest BCUT2D eigenvalue weighted by Gasteiger charge is -2.08. The molecular weight excluding hydrogens is 330 g/mol. The van der Waals surface area contributed by atoms with Crippen molar-refractivity contribution >= 4 is 23.2 Å². The SMILES string of the molecule is CCCc1nc2c(C)cccn2c1C(=O)Nc1ccc(C(=O)OC)cc1. The quantitative estimate of drug-likeness (QED) is 0.713. The maximum absolute atomic E-state index is 12.9. The first kappa shape index (κ1) is 17.7. The van der Waals surface area contributed by atoms with E-state index in [4.69, 9.17) is 0 Å². The van der Waals surface area contributed by atoms with E-state index >= 15 is 0 Å². The smallest absolute Gasteiger partial charge is 0.337 e. The van der Waals surface area contributed by atoms with Crippen LogP contribution in [0.25, 0.3) is 5.65 Å². The molecular formula is C20H21N3O3. The number of fused-ring (bicyclic) bond motifs is 1. The third kappa shape index (κ3) is 3.31. The summed E-state index contributed by atoms with van der Waals surface area (Å²) in [6.45, 7) is 4.04. The molecule has 2 heterocycles. The molecule has 1 aromatic carbocycles. The van der Waals surface area contributed by atoms with Crippen molar-refractivity contribution in [2.75, 3.05) is 12.4 Å². The maximum Gasteiger partial charge on any atom is 0.337 e. The lowest BCUT2D eigenvalue weighted by molar-refractivity contribution is 0.0600. The number of pyridine rings is 1. The number of rotatable bonds is 5. The van der Waals surface area contributed by atoms with Gasteiger partial charge in [-0.25, -0.2) is 9.78 Å². The molecule has 0 fully saturated rings. The van der Waals surface area contributed by atoms with Crippen LogP contribution in [0.1, 0.15) is 45.4 Å². The Morgan fingerprint density at radius 3 is 2.58 bits per heavy atom. The summed E-state index contributed by atoms with van der Waals surface area (Å²) in [7, 11) is 1.33. The van der Waals surface area contributed by atoms with Gasteiger partial charge in [-0.05, 0) is 49.2 Å². The predicted octanol–water partition coefficient (Wildman–Crippen LogP) is 3.63. The van der Waals surface area contributed by atoms with E-state index in [0.29, 0.717) is 16.9 Å². The van der Waals surface area contributed by atoms with Crippen LogP contribution in [-0.2, 0) is 11.2 Å². The number of nitrogens with one attached hydrogen (secondary N) is 1. The average molecular weight is 351 g/mol. The standard InChI is InChI=1S/C20H21N3O3/c1-4-6-16-17(23-12-5-7-13(2)18(23)22-16)19(24)21-15-10-8-14(9-11-15)20(25)26-3/h5,7-12H,4,6H2,1-3H3,(H,21,24). The Hall–Kier alpha value is -3.15. The molecule has 0 aliphatic rings. The Morgan fingerprint density at radius 2 is 1.92 bits per heavy atom. The summed E-state index contributed by atoms with van der Waals surface area (Å²) in [5.41, 5.74) is 4.18. The molecule has 3 rings (SSSR count). The van der Waals surface area contributed by atoms with Gasteiger partial charge >= 0.3 is 5.97 Å². The summed E-state index contributed by atoms with van der Waals surface area (Å²) in [5.74, 6) is -0.636. The first-order valence-corrected chi connectivity index (χ1v) is 8.51. The number of aryl methyl sites for hydroxylation is 2. The van der Waals surface area contributed by atoms with Crippen molar-refractivity contribution in [1.82, 2.24) is 9.38 Å². The molecule has 0 aliphatic carbocycles. The highest BCUT2D eigenvalue weighted by atomic mass is 16.5. The number of esters is 1. The predicted molar refractivity (Wildman–Crippen MR) is 99.7 cm³/mol. The molecule has 6 nitrogen and oxygen atoms in total. The molecule has 1 N–H and O–H groups in total.